The highest BCUT2D eigenvalue weighted by molar-refractivity contribution is 6.31. The molecule has 1 aromatic rings. The molecule has 0 bridgehead atoms. The second-order valence-electron chi connectivity index (χ2n) is 4.81. The molecule has 1 aromatic carbocycles. The maximum Gasteiger partial charge on any atom is 0.322 e. The van der Waals surface area contributed by atoms with Crippen molar-refractivity contribution in [1.29, 1.82) is 0 Å². The number of piperazine rings is 1. The van der Waals surface area contributed by atoms with E-state index in [1.807, 2.05) is 0 Å². The molecule has 21 heavy (non-hydrogen) atoms. The van der Waals surface area contributed by atoms with Gasteiger partial charge in [0.25, 0.3) is 0 Å². The van der Waals surface area contributed by atoms with Crippen molar-refractivity contribution in [2.45, 2.75) is 24.6 Å². The van der Waals surface area contributed by atoms with Crippen LogP contribution < -0.4 is 5.32 Å². The third-order valence-electron chi connectivity index (χ3n) is 3.53. The first-order valence-electron chi connectivity index (χ1n) is 6.44. The van der Waals surface area contributed by atoms with Gasteiger partial charge in [-0.2, -0.15) is 0 Å². The van der Waals surface area contributed by atoms with E-state index < -0.39 is 30.6 Å². The van der Waals surface area contributed by atoms with Crippen LogP contribution in [0.3, 0.4) is 0 Å². The van der Waals surface area contributed by atoms with E-state index in [2.05, 4.69) is 5.32 Å². The smallest absolute Gasteiger partial charge is 0.322 e. The average Bonchev–Trinajstić information content (AvgIpc) is 2.46. The molecule has 0 aromatic heterocycles. The van der Waals surface area contributed by atoms with E-state index >= 15 is 0 Å². The predicted octanol–water partition coefficient (Wildman–Crippen LogP) is -0.631. The van der Waals surface area contributed by atoms with Gasteiger partial charge in [0, 0.05) is 23.7 Å². The number of rotatable bonds is 4. The van der Waals surface area contributed by atoms with Crippen LogP contribution in [0.5, 0.6) is 0 Å². The Labute approximate surface area is 126 Å². The summed E-state index contributed by atoms with van der Waals surface area (Å²) >= 11 is 6.02. The number of carboxylic acids is 1. The minimum Gasteiger partial charge on any atom is -0.480 e. The molecule has 0 radical (unpaired) electrons. The molecule has 1 aliphatic heterocycles. The summed E-state index contributed by atoms with van der Waals surface area (Å²) in [6.07, 6.45) is -3.15. The standard InChI is InChI=1S/C13H17ClN2O5/c14-8-4-2-1-3-7(8)11(17)16-6-5-15-9(12(18)19)10(16)13(20)21/h1-4,9-11,13,15,17,20-21H,5-6H2,(H,18,19). The molecule has 0 spiro atoms. The number of benzene rings is 1. The summed E-state index contributed by atoms with van der Waals surface area (Å²) in [5.74, 6) is -1.22. The molecule has 3 unspecified atom stereocenters. The second kappa shape index (κ2) is 6.69. The van der Waals surface area contributed by atoms with Gasteiger partial charge in [-0.05, 0) is 6.07 Å². The lowest BCUT2D eigenvalue weighted by Gasteiger charge is -2.43. The number of halogens is 1. The zero-order valence-electron chi connectivity index (χ0n) is 11.1. The molecule has 0 saturated carbocycles. The number of aliphatic hydroxyl groups is 3. The number of carbonyl (C=O) groups is 1. The van der Waals surface area contributed by atoms with Crippen LogP contribution in [0.1, 0.15) is 11.8 Å². The summed E-state index contributed by atoms with van der Waals surface area (Å²) < 4.78 is 0. The molecule has 0 amide bonds. The number of nitrogens with one attached hydrogen (secondary N) is 1. The van der Waals surface area contributed by atoms with Gasteiger partial charge in [-0.1, -0.05) is 29.8 Å². The third kappa shape index (κ3) is 3.34. The summed E-state index contributed by atoms with van der Waals surface area (Å²) in [5.41, 5.74) is 0.385. The van der Waals surface area contributed by atoms with Crippen LogP contribution in [0.2, 0.25) is 5.02 Å². The van der Waals surface area contributed by atoms with Crippen molar-refractivity contribution in [2.75, 3.05) is 13.1 Å². The van der Waals surface area contributed by atoms with Crippen LogP contribution in [0.15, 0.2) is 24.3 Å². The van der Waals surface area contributed by atoms with Crippen molar-refractivity contribution in [3.05, 3.63) is 34.9 Å². The molecule has 3 atom stereocenters. The quantitative estimate of drug-likeness (QED) is 0.470. The van der Waals surface area contributed by atoms with Crippen LogP contribution in [0, 0.1) is 0 Å². The number of aliphatic carboxylic acids is 1. The molecule has 0 aliphatic carbocycles. The van der Waals surface area contributed by atoms with Gasteiger partial charge < -0.3 is 25.7 Å². The monoisotopic (exact) mass is 316 g/mol. The van der Waals surface area contributed by atoms with E-state index in [4.69, 9.17) is 16.7 Å². The minimum absolute atomic E-state index is 0.248. The summed E-state index contributed by atoms with van der Waals surface area (Å²) in [7, 11) is 0. The number of aliphatic hydroxyl groups excluding tert-OH is 2. The number of hydrogen-bond donors (Lipinski definition) is 5. The maximum atomic E-state index is 11.2. The fourth-order valence-corrected chi connectivity index (χ4v) is 2.77. The SMILES string of the molecule is O=C(O)C1NCCN(C(O)c2ccccc2Cl)C1C(O)O. The van der Waals surface area contributed by atoms with E-state index in [0.29, 0.717) is 17.1 Å². The number of carboxylic acid groups (broad SMARTS) is 1. The molecule has 2 rings (SSSR count). The summed E-state index contributed by atoms with van der Waals surface area (Å²) in [6.45, 7) is 0.542. The van der Waals surface area contributed by atoms with Gasteiger partial charge in [-0.25, -0.2) is 0 Å². The third-order valence-corrected chi connectivity index (χ3v) is 3.87. The van der Waals surface area contributed by atoms with Gasteiger partial charge in [0.2, 0.25) is 0 Å². The Kier molecular flexibility index (Phi) is 5.15. The van der Waals surface area contributed by atoms with Crippen LogP contribution in [-0.4, -0.2) is 62.8 Å². The lowest BCUT2D eigenvalue weighted by molar-refractivity contribution is -0.173. The fourth-order valence-electron chi connectivity index (χ4n) is 2.54. The summed E-state index contributed by atoms with van der Waals surface area (Å²) in [5, 5.41) is 41.6. The molecular formula is C13H17ClN2O5. The van der Waals surface area contributed by atoms with Gasteiger partial charge in [0.15, 0.2) is 6.29 Å². The van der Waals surface area contributed by atoms with Crippen LogP contribution >= 0.6 is 11.6 Å². The van der Waals surface area contributed by atoms with Crippen LogP contribution in [-0.2, 0) is 4.79 Å². The van der Waals surface area contributed by atoms with Crippen molar-refractivity contribution in [1.82, 2.24) is 10.2 Å². The largest absolute Gasteiger partial charge is 0.480 e. The highest BCUT2D eigenvalue weighted by atomic mass is 35.5. The van der Waals surface area contributed by atoms with E-state index in [9.17, 15) is 20.1 Å². The topological polar surface area (TPSA) is 113 Å². The lowest BCUT2D eigenvalue weighted by Crippen LogP contribution is -2.65. The van der Waals surface area contributed by atoms with Crippen molar-refractivity contribution in [3.8, 4) is 0 Å². The molecule has 1 saturated heterocycles. The first-order valence-corrected chi connectivity index (χ1v) is 6.82. The first kappa shape index (κ1) is 16.2. The second-order valence-corrected chi connectivity index (χ2v) is 5.21. The number of hydrogen-bond acceptors (Lipinski definition) is 6. The Balaban J connectivity index is 2.31. The molecule has 7 nitrogen and oxygen atoms in total. The normalized spacial score (nSPS) is 25.0. The summed E-state index contributed by atoms with van der Waals surface area (Å²) in [6, 6.07) is 4.20. The van der Waals surface area contributed by atoms with Crippen molar-refractivity contribution < 1.29 is 25.2 Å². The Morgan fingerprint density at radius 3 is 2.57 bits per heavy atom. The first-order chi connectivity index (χ1) is 9.93. The van der Waals surface area contributed by atoms with E-state index in [0.717, 1.165) is 0 Å². The highest BCUT2D eigenvalue weighted by Crippen LogP contribution is 2.29. The summed E-state index contributed by atoms with van der Waals surface area (Å²) in [4.78, 5) is 12.5. The molecule has 8 heteroatoms. The molecule has 1 fully saturated rings. The predicted molar refractivity (Wildman–Crippen MR) is 74.6 cm³/mol. The van der Waals surface area contributed by atoms with Gasteiger partial charge in [-0.15, -0.1) is 0 Å². The Hall–Kier alpha value is -1.22. The zero-order valence-corrected chi connectivity index (χ0v) is 11.8. The molecular weight excluding hydrogens is 300 g/mol. The molecule has 116 valence electrons. The Bertz CT molecular complexity index is 513. The van der Waals surface area contributed by atoms with Gasteiger partial charge in [0.1, 0.15) is 12.3 Å². The van der Waals surface area contributed by atoms with Crippen molar-refractivity contribution in [2.24, 2.45) is 0 Å². The zero-order chi connectivity index (χ0) is 15.6. The Morgan fingerprint density at radius 2 is 2.00 bits per heavy atom. The van der Waals surface area contributed by atoms with Gasteiger partial charge in [0.05, 0.1) is 6.04 Å². The molecule has 1 aliphatic rings. The number of nitrogens with zero attached hydrogens (tertiary/aromatic N) is 1. The van der Waals surface area contributed by atoms with Crippen molar-refractivity contribution in [3.63, 3.8) is 0 Å². The Morgan fingerprint density at radius 1 is 1.33 bits per heavy atom. The van der Waals surface area contributed by atoms with Gasteiger partial charge >= 0.3 is 5.97 Å². The lowest BCUT2D eigenvalue weighted by atomic mass is 10.0. The van der Waals surface area contributed by atoms with Crippen LogP contribution in [0.4, 0.5) is 0 Å². The van der Waals surface area contributed by atoms with Crippen LogP contribution in [0.25, 0.3) is 0 Å². The van der Waals surface area contributed by atoms with Crippen molar-refractivity contribution >= 4 is 17.6 Å². The maximum absolute atomic E-state index is 11.2. The van der Waals surface area contributed by atoms with E-state index in [1.54, 1.807) is 24.3 Å². The van der Waals surface area contributed by atoms with E-state index in [-0.39, 0.29) is 6.54 Å². The highest BCUT2D eigenvalue weighted by Gasteiger charge is 2.43. The fraction of sp³-hybridized carbons (Fsp3) is 0.462. The molecule has 1 heterocycles. The molecule has 5 N–H and O–H groups in total. The van der Waals surface area contributed by atoms with E-state index in [1.165, 1.54) is 4.90 Å². The average molecular weight is 317 g/mol. The van der Waals surface area contributed by atoms with Gasteiger partial charge in [-0.3, -0.25) is 9.69 Å². The minimum atomic E-state index is -1.92.